The van der Waals surface area contributed by atoms with Crippen LogP contribution in [0, 0.1) is 5.82 Å². The van der Waals surface area contributed by atoms with Gasteiger partial charge in [0.15, 0.2) is 0 Å². The molecule has 1 fully saturated rings. The molecule has 0 bridgehead atoms. The van der Waals surface area contributed by atoms with E-state index in [9.17, 15) is 4.39 Å². The van der Waals surface area contributed by atoms with E-state index < -0.39 is 0 Å². The Morgan fingerprint density at radius 2 is 1.77 bits per heavy atom. The van der Waals surface area contributed by atoms with Crippen LogP contribution in [-0.4, -0.2) is 50.3 Å². The summed E-state index contributed by atoms with van der Waals surface area (Å²) < 4.78 is 18.8. The lowest BCUT2D eigenvalue weighted by atomic mass is 9.85. The first-order valence-electron chi connectivity index (χ1n) is 10.6. The van der Waals surface area contributed by atoms with Crippen molar-refractivity contribution in [2.24, 2.45) is 0 Å². The fourth-order valence-electron chi connectivity index (χ4n) is 4.34. The van der Waals surface area contributed by atoms with Crippen LogP contribution in [0.25, 0.3) is 0 Å². The minimum Gasteiger partial charge on any atom is -0.495 e. The van der Waals surface area contributed by atoms with E-state index in [1.54, 1.807) is 19.2 Å². The number of rotatable bonds is 7. The number of halogens is 1. The summed E-state index contributed by atoms with van der Waals surface area (Å²) in [5.41, 5.74) is 2.19. The monoisotopic (exact) mass is 407 g/mol. The number of allylic oxidation sites excluding steroid dienone is 2. The number of hydrogen-bond acceptors (Lipinski definition) is 4. The third-order valence-corrected chi connectivity index (χ3v) is 6.10. The van der Waals surface area contributed by atoms with Crippen molar-refractivity contribution in [1.82, 2.24) is 10.2 Å². The third kappa shape index (κ3) is 4.85. The molecule has 2 aliphatic heterocycles. The highest BCUT2D eigenvalue weighted by Crippen LogP contribution is 2.29. The minimum atomic E-state index is -0.187. The van der Waals surface area contributed by atoms with Crippen molar-refractivity contribution < 1.29 is 9.13 Å². The van der Waals surface area contributed by atoms with Crippen molar-refractivity contribution in [3.05, 3.63) is 84.3 Å². The fourth-order valence-corrected chi connectivity index (χ4v) is 4.34. The summed E-state index contributed by atoms with van der Waals surface area (Å²) in [7, 11) is 1.73. The molecule has 0 aromatic heterocycles. The van der Waals surface area contributed by atoms with Crippen LogP contribution in [0.4, 0.5) is 10.1 Å². The van der Waals surface area contributed by atoms with Gasteiger partial charge in [0.25, 0.3) is 0 Å². The molecule has 1 unspecified atom stereocenters. The van der Waals surface area contributed by atoms with E-state index in [4.69, 9.17) is 4.74 Å². The number of anilines is 1. The summed E-state index contributed by atoms with van der Waals surface area (Å²) in [5.74, 6) is 0.750. The molecule has 1 N–H and O–H groups in total. The Hall–Kier alpha value is -2.79. The van der Waals surface area contributed by atoms with Crippen LogP contribution in [0.2, 0.25) is 0 Å². The highest BCUT2D eigenvalue weighted by molar-refractivity contribution is 5.58. The molecule has 4 nitrogen and oxygen atoms in total. The lowest BCUT2D eigenvalue weighted by molar-refractivity contribution is 0.229. The first kappa shape index (κ1) is 20.5. The molecule has 158 valence electrons. The average molecular weight is 408 g/mol. The molecule has 1 saturated heterocycles. The molecule has 2 aliphatic rings. The molecule has 2 aromatic carbocycles. The second kappa shape index (κ2) is 9.35. The number of hydrogen-bond donors (Lipinski definition) is 1. The van der Waals surface area contributed by atoms with Crippen LogP contribution in [0.15, 0.2) is 73.0 Å². The van der Waals surface area contributed by atoms with E-state index >= 15 is 0 Å². The molecule has 0 aliphatic carbocycles. The summed E-state index contributed by atoms with van der Waals surface area (Å²) in [5, 5.41) is 3.57. The van der Waals surface area contributed by atoms with Gasteiger partial charge in [0, 0.05) is 32.7 Å². The zero-order valence-corrected chi connectivity index (χ0v) is 17.6. The first-order valence-corrected chi connectivity index (χ1v) is 10.6. The zero-order valence-electron chi connectivity index (χ0n) is 17.6. The van der Waals surface area contributed by atoms with Crippen LogP contribution < -0.4 is 15.0 Å². The van der Waals surface area contributed by atoms with Gasteiger partial charge in [0.05, 0.1) is 18.3 Å². The number of ether oxygens (including phenoxy) is 1. The van der Waals surface area contributed by atoms with E-state index in [0.717, 1.165) is 56.9 Å². The summed E-state index contributed by atoms with van der Waals surface area (Å²) in [6, 6.07) is 15.1. The van der Waals surface area contributed by atoms with Gasteiger partial charge in [0.2, 0.25) is 0 Å². The van der Waals surface area contributed by atoms with E-state index in [2.05, 4.69) is 39.4 Å². The molecule has 1 atom stereocenters. The third-order valence-electron chi connectivity index (χ3n) is 6.10. The van der Waals surface area contributed by atoms with Crippen LogP contribution >= 0.6 is 0 Å². The predicted molar refractivity (Wildman–Crippen MR) is 121 cm³/mol. The quantitative estimate of drug-likeness (QED) is 0.751. The van der Waals surface area contributed by atoms with Crippen molar-refractivity contribution in [2.45, 2.75) is 18.4 Å². The van der Waals surface area contributed by atoms with Gasteiger partial charge in [0.1, 0.15) is 11.6 Å². The number of benzene rings is 2. The van der Waals surface area contributed by atoms with Crippen molar-refractivity contribution in [3.63, 3.8) is 0 Å². The van der Waals surface area contributed by atoms with E-state index in [1.165, 1.54) is 5.69 Å². The van der Waals surface area contributed by atoms with Gasteiger partial charge in [-0.1, -0.05) is 36.4 Å². The summed E-state index contributed by atoms with van der Waals surface area (Å²) in [6.07, 6.45) is 10.2. The van der Waals surface area contributed by atoms with Gasteiger partial charge in [-0.05, 0) is 54.9 Å². The fraction of sp³-hybridized carbons (Fsp3) is 0.360. The molecular weight excluding hydrogens is 377 g/mol. The highest BCUT2D eigenvalue weighted by atomic mass is 19.1. The Kier molecular flexibility index (Phi) is 6.38. The predicted octanol–water partition coefficient (Wildman–Crippen LogP) is 4.00. The van der Waals surface area contributed by atoms with Gasteiger partial charge < -0.3 is 15.0 Å². The maximum Gasteiger partial charge on any atom is 0.142 e. The van der Waals surface area contributed by atoms with Gasteiger partial charge >= 0.3 is 0 Å². The maximum absolute atomic E-state index is 13.3. The molecule has 2 aromatic rings. The first-order chi connectivity index (χ1) is 14.7. The second-order valence-electron chi connectivity index (χ2n) is 8.07. The topological polar surface area (TPSA) is 27.7 Å². The molecule has 0 spiro atoms. The second-order valence-corrected chi connectivity index (χ2v) is 8.07. The van der Waals surface area contributed by atoms with Gasteiger partial charge in [-0.25, -0.2) is 4.39 Å². The molecule has 30 heavy (non-hydrogen) atoms. The van der Waals surface area contributed by atoms with Crippen molar-refractivity contribution in [1.29, 1.82) is 0 Å². The molecule has 0 amide bonds. The maximum atomic E-state index is 13.3. The van der Waals surface area contributed by atoms with Crippen LogP contribution in [0.1, 0.15) is 12.0 Å². The summed E-state index contributed by atoms with van der Waals surface area (Å²) >= 11 is 0. The Bertz CT molecular complexity index is 888. The molecule has 5 heteroatoms. The molecule has 0 saturated carbocycles. The largest absolute Gasteiger partial charge is 0.495 e. The normalized spacial score (nSPS) is 21.5. The molecule has 2 heterocycles. The number of methoxy groups -OCH3 is 1. The van der Waals surface area contributed by atoms with E-state index in [0.29, 0.717) is 0 Å². The van der Waals surface area contributed by atoms with Crippen LogP contribution in [0.3, 0.4) is 0 Å². The van der Waals surface area contributed by atoms with Crippen molar-refractivity contribution in [3.8, 4) is 5.75 Å². The zero-order chi connectivity index (χ0) is 20.8. The minimum absolute atomic E-state index is 0.133. The van der Waals surface area contributed by atoms with Crippen LogP contribution in [-0.2, 0) is 6.42 Å². The molecular formula is C25H30FN3O. The summed E-state index contributed by atoms with van der Waals surface area (Å²) in [4.78, 5) is 4.94. The van der Waals surface area contributed by atoms with Crippen molar-refractivity contribution in [2.75, 3.05) is 44.7 Å². The lowest BCUT2D eigenvalue weighted by Crippen LogP contribution is -2.50. The van der Waals surface area contributed by atoms with E-state index in [1.807, 2.05) is 36.5 Å². The highest BCUT2D eigenvalue weighted by Gasteiger charge is 2.29. The van der Waals surface area contributed by atoms with Gasteiger partial charge in [-0.2, -0.15) is 0 Å². The Morgan fingerprint density at radius 1 is 1.00 bits per heavy atom. The Labute approximate surface area is 178 Å². The number of nitrogens with one attached hydrogen (secondary N) is 1. The SMILES string of the molecule is COc1ccccc1N1CCN(CCC2(Cc3ccc(F)cc3)C=CC=CN2)CC1. The van der Waals surface area contributed by atoms with Gasteiger partial charge in [-0.15, -0.1) is 0 Å². The van der Waals surface area contributed by atoms with E-state index in [-0.39, 0.29) is 11.4 Å². The standard InChI is InChI=1S/C25H30FN3O/c1-30-24-7-3-2-6-23(24)29-18-16-28(17-19-29)15-13-25(12-4-5-14-27-25)20-21-8-10-22(26)11-9-21/h2-12,14,27H,13,15-20H2,1H3. The van der Waals surface area contributed by atoms with Crippen LogP contribution in [0.5, 0.6) is 5.75 Å². The molecule has 4 rings (SSSR count). The number of dihydropyridines is 1. The average Bonchev–Trinajstić information content (AvgIpc) is 2.80. The number of piperazine rings is 1. The number of nitrogens with zero attached hydrogens (tertiary/aromatic N) is 2. The molecule has 0 radical (unpaired) electrons. The van der Waals surface area contributed by atoms with Crippen molar-refractivity contribution >= 4 is 5.69 Å². The Balaban J connectivity index is 1.35. The smallest absolute Gasteiger partial charge is 0.142 e. The number of para-hydroxylation sites is 2. The lowest BCUT2D eigenvalue weighted by Gasteiger charge is -2.39. The van der Waals surface area contributed by atoms with Gasteiger partial charge in [-0.3, -0.25) is 4.90 Å². The Morgan fingerprint density at radius 3 is 2.47 bits per heavy atom. The summed E-state index contributed by atoms with van der Waals surface area (Å²) in [6.45, 7) is 5.07.